The van der Waals surface area contributed by atoms with E-state index >= 15 is 0 Å². The monoisotopic (exact) mass is 399 g/mol. The van der Waals surface area contributed by atoms with E-state index in [1.54, 1.807) is 18.2 Å². The van der Waals surface area contributed by atoms with Crippen molar-refractivity contribution in [2.75, 3.05) is 0 Å². The first kappa shape index (κ1) is 17.6. The van der Waals surface area contributed by atoms with Gasteiger partial charge in [-0.2, -0.15) is 4.72 Å². The van der Waals surface area contributed by atoms with Gasteiger partial charge in [0, 0.05) is 4.47 Å². The second kappa shape index (κ2) is 7.22. The molecule has 2 aromatic carbocycles. The van der Waals surface area contributed by atoms with Gasteiger partial charge in [0.05, 0.1) is 4.90 Å². The first-order valence-electron chi connectivity index (χ1n) is 6.55. The molecule has 0 heterocycles. The largest absolute Gasteiger partial charge is 0.480 e. The molecule has 122 valence electrons. The van der Waals surface area contributed by atoms with Crippen molar-refractivity contribution in [3.8, 4) is 0 Å². The van der Waals surface area contributed by atoms with Gasteiger partial charge in [0.2, 0.25) is 10.0 Å². The molecule has 0 radical (unpaired) electrons. The molecule has 0 aliphatic heterocycles. The first-order valence-corrected chi connectivity index (χ1v) is 8.82. The van der Waals surface area contributed by atoms with Gasteiger partial charge in [0.25, 0.3) is 0 Å². The number of aliphatic carboxylic acids is 1. The molecule has 23 heavy (non-hydrogen) atoms. The Hall–Kier alpha value is -1.74. The molecule has 0 saturated heterocycles. The van der Waals surface area contributed by atoms with Gasteiger partial charge in [-0.15, -0.1) is 0 Å². The van der Waals surface area contributed by atoms with Crippen molar-refractivity contribution in [1.82, 2.24) is 4.72 Å². The van der Waals surface area contributed by atoms with Crippen LogP contribution in [0.1, 0.15) is 11.7 Å². The molecule has 0 saturated carbocycles. The lowest BCUT2D eigenvalue weighted by atomic mass is 10.0. The summed E-state index contributed by atoms with van der Waals surface area (Å²) in [7, 11) is -4.09. The molecule has 3 N–H and O–H groups in total. The molecule has 0 aliphatic rings. The summed E-state index contributed by atoms with van der Waals surface area (Å²) in [5.74, 6) is -1.47. The molecule has 0 fully saturated rings. The van der Waals surface area contributed by atoms with E-state index in [0.717, 1.165) is 0 Å². The fourth-order valence-corrected chi connectivity index (χ4v) is 3.40. The average molecular weight is 400 g/mol. The van der Waals surface area contributed by atoms with Crippen LogP contribution in [0, 0.1) is 0 Å². The van der Waals surface area contributed by atoms with E-state index in [1.165, 1.54) is 36.4 Å². The quantitative estimate of drug-likeness (QED) is 0.688. The highest BCUT2D eigenvalue weighted by Crippen LogP contribution is 2.20. The van der Waals surface area contributed by atoms with Crippen LogP contribution in [-0.4, -0.2) is 30.6 Å². The SMILES string of the molecule is O=C(O)C(NS(=O)(=O)c1ccc(Br)cc1)C(O)c1ccccc1. The fraction of sp³-hybridized carbons (Fsp3) is 0.133. The topological polar surface area (TPSA) is 104 Å². The standard InChI is InChI=1S/C15H14BrNO5S/c16-11-6-8-12(9-7-11)23(21,22)17-13(15(19)20)14(18)10-4-2-1-3-5-10/h1-9,13-14,17-18H,(H,19,20). The summed E-state index contributed by atoms with van der Waals surface area (Å²) in [5, 5.41) is 19.5. The highest BCUT2D eigenvalue weighted by molar-refractivity contribution is 9.10. The number of hydrogen-bond donors (Lipinski definition) is 3. The van der Waals surface area contributed by atoms with Crippen molar-refractivity contribution in [2.24, 2.45) is 0 Å². The second-order valence-electron chi connectivity index (χ2n) is 4.75. The zero-order valence-corrected chi connectivity index (χ0v) is 14.2. The van der Waals surface area contributed by atoms with Crippen molar-refractivity contribution in [3.05, 3.63) is 64.6 Å². The van der Waals surface area contributed by atoms with Crippen LogP contribution in [0.2, 0.25) is 0 Å². The predicted octanol–water partition coefficient (Wildman–Crippen LogP) is 1.91. The number of halogens is 1. The Morgan fingerprint density at radius 1 is 1.04 bits per heavy atom. The van der Waals surface area contributed by atoms with Crippen molar-refractivity contribution in [2.45, 2.75) is 17.0 Å². The molecule has 2 atom stereocenters. The molecule has 0 amide bonds. The second-order valence-corrected chi connectivity index (χ2v) is 7.38. The van der Waals surface area contributed by atoms with Crippen LogP contribution in [0.25, 0.3) is 0 Å². The lowest BCUT2D eigenvalue weighted by molar-refractivity contribution is -0.141. The van der Waals surface area contributed by atoms with Gasteiger partial charge < -0.3 is 10.2 Å². The molecular weight excluding hydrogens is 386 g/mol. The summed E-state index contributed by atoms with van der Waals surface area (Å²) in [6.45, 7) is 0. The molecule has 0 bridgehead atoms. The van der Waals surface area contributed by atoms with E-state index in [4.69, 9.17) is 0 Å². The number of sulfonamides is 1. The minimum atomic E-state index is -4.09. The van der Waals surface area contributed by atoms with Crippen molar-refractivity contribution in [1.29, 1.82) is 0 Å². The predicted molar refractivity (Wildman–Crippen MR) is 87.3 cm³/mol. The van der Waals surface area contributed by atoms with E-state index in [0.29, 0.717) is 10.0 Å². The van der Waals surface area contributed by atoms with Crippen LogP contribution in [0.3, 0.4) is 0 Å². The van der Waals surface area contributed by atoms with Crippen molar-refractivity contribution in [3.63, 3.8) is 0 Å². The lowest BCUT2D eigenvalue weighted by Gasteiger charge is -2.20. The van der Waals surface area contributed by atoms with Crippen LogP contribution >= 0.6 is 15.9 Å². The highest BCUT2D eigenvalue weighted by Gasteiger charge is 2.32. The Morgan fingerprint density at radius 3 is 2.13 bits per heavy atom. The van der Waals surface area contributed by atoms with Gasteiger partial charge in [-0.3, -0.25) is 4.79 Å². The Morgan fingerprint density at radius 2 is 1.61 bits per heavy atom. The molecular formula is C15H14BrNO5S. The summed E-state index contributed by atoms with van der Waals surface area (Å²) in [6.07, 6.45) is -1.51. The van der Waals surface area contributed by atoms with E-state index in [2.05, 4.69) is 15.9 Å². The zero-order valence-electron chi connectivity index (χ0n) is 11.8. The average Bonchev–Trinajstić information content (AvgIpc) is 2.53. The molecule has 2 rings (SSSR count). The fourth-order valence-electron chi connectivity index (χ4n) is 1.94. The van der Waals surface area contributed by atoms with Crippen LogP contribution in [0.4, 0.5) is 0 Å². The van der Waals surface area contributed by atoms with Crippen LogP contribution in [0.15, 0.2) is 64.0 Å². The summed E-state index contributed by atoms with van der Waals surface area (Å²) in [5.41, 5.74) is 0.304. The molecule has 0 spiro atoms. The number of carboxylic acids is 1. The smallest absolute Gasteiger partial charge is 0.324 e. The van der Waals surface area contributed by atoms with Crippen LogP contribution < -0.4 is 4.72 Å². The zero-order chi connectivity index (χ0) is 17.0. The Labute approximate surface area is 142 Å². The van der Waals surface area contributed by atoms with E-state index < -0.39 is 28.1 Å². The molecule has 0 aromatic heterocycles. The van der Waals surface area contributed by atoms with Gasteiger partial charge in [-0.05, 0) is 29.8 Å². The number of carboxylic acid groups (broad SMARTS) is 1. The third kappa shape index (κ3) is 4.38. The first-order chi connectivity index (χ1) is 10.8. The Balaban J connectivity index is 2.29. The van der Waals surface area contributed by atoms with Crippen LogP contribution in [0.5, 0.6) is 0 Å². The van der Waals surface area contributed by atoms with Crippen LogP contribution in [-0.2, 0) is 14.8 Å². The third-order valence-electron chi connectivity index (χ3n) is 3.13. The molecule has 6 nitrogen and oxygen atoms in total. The van der Waals surface area contributed by atoms with E-state index in [1.807, 2.05) is 4.72 Å². The highest BCUT2D eigenvalue weighted by atomic mass is 79.9. The summed E-state index contributed by atoms with van der Waals surface area (Å²) in [6, 6.07) is 12.0. The maximum Gasteiger partial charge on any atom is 0.324 e. The van der Waals surface area contributed by atoms with Gasteiger partial charge in [0.1, 0.15) is 12.1 Å². The van der Waals surface area contributed by atoms with Gasteiger partial charge in [-0.25, -0.2) is 8.42 Å². The minimum Gasteiger partial charge on any atom is -0.480 e. The number of rotatable bonds is 6. The number of aliphatic hydroxyl groups excluding tert-OH is 1. The number of benzene rings is 2. The maximum absolute atomic E-state index is 12.3. The Bertz CT molecular complexity index is 777. The van der Waals surface area contributed by atoms with Gasteiger partial charge >= 0.3 is 5.97 Å². The van der Waals surface area contributed by atoms with E-state index in [-0.39, 0.29) is 4.90 Å². The van der Waals surface area contributed by atoms with Gasteiger partial charge in [-0.1, -0.05) is 46.3 Å². The lowest BCUT2D eigenvalue weighted by Crippen LogP contribution is -2.44. The molecule has 0 aliphatic carbocycles. The number of hydrogen-bond acceptors (Lipinski definition) is 4. The molecule has 2 aromatic rings. The third-order valence-corrected chi connectivity index (χ3v) is 5.11. The maximum atomic E-state index is 12.3. The number of nitrogens with one attached hydrogen (secondary N) is 1. The van der Waals surface area contributed by atoms with Gasteiger partial charge in [0.15, 0.2) is 0 Å². The van der Waals surface area contributed by atoms with E-state index in [9.17, 15) is 23.4 Å². The number of aliphatic hydroxyl groups is 1. The summed E-state index contributed by atoms with van der Waals surface area (Å²) < 4.78 is 27.3. The molecule has 8 heteroatoms. The summed E-state index contributed by atoms with van der Waals surface area (Å²) >= 11 is 3.19. The Kier molecular flexibility index (Phi) is 5.53. The molecule has 2 unspecified atom stereocenters. The van der Waals surface area contributed by atoms with Crippen molar-refractivity contribution >= 4 is 31.9 Å². The minimum absolute atomic E-state index is 0.0905. The number of carbonyl (C=O) groups is 1. The normalized spacial score (nSPS) is 14.2. The van der Waals surface area contributed by atoms with Crippen molar-refractivity contribution < 1.29 is 23.4 Å². The summed E-state index contributed by atoms with van der Waals surface area (Å²) in [4.78, 5) is 11.3.